The monoisotopic (exact) mass is 568 g/mol. The molecule has 192 valence electrons. The summed E-state index contributed by atoms with van der Waals surface area (Å²) in [4.78, 5) is 15.0. The van der Waals surface area contributed by atoms with Crippen LogP contribution in [-0.4, -0.2) is 25.9 Å². The topological polar surface area (TPSA) is 34.1 Å². The SMILES string of the molecule is [C]=O.[C]=O.[Ni].c1ccc(CP(CCP(Cc2ccccc2)Cc2ccccc2)Cc2ccccc2)cc1. The maximum absolute atomic E-state index is 7.50. The molecule has 0 saturated heterocycles. The van der Waals surface area contributed by atoms with Gasteiger partial charge in [-0.3, -0.25) is 9.59 Å². The van der Waals surface area contributed by atoms with E-state index in [0.29, 0.717) is 0 Å². The molecule has 5 heteroatoms. The molecule has 0 aliphatic carbocycles. The molecule has 2 nitrogen and oxygen atoms in total. The fourth-order valence-electron chi connectivity index (χ4n) is 4.08. The van der Waals surface area contributed by atoms with E-state index in [0.717, 1.165) is 0 Å². The Hall–Kier alpha value is -2.43. The van der Waals surface area contributed by atoms with Crippen molar-refractivity contribution in [2.24, 2.45) is 0 Å². The average Bonchev–Trinajstić information content (AvgIpc) is 2.96. The molecule has 0 atom stereocenters. The Labute approximate surface area is 235 Å². The van der Waals surface area contributed by atoms with Crippen molar-refractivity contribution in [2.75, 3.05) is 12.3 Å². The van der Waals surface area contributed by atoms with E-state index < -0.39 is 0 Å². The largest absolute Gasteiger partial charge is 0.281 e. The van der Waals surface area contributed by atoms with Crippen LogP contribution in [0.4, 0.5) is 0 Å². The second kappa shape index (κ2) is 20.6. The summed E-state index contributed by atoms with van der Waals surface area (Å²) < 4.78 is 0. The molecule has 0 aliphatic rings. The van der Waals surface area contributed by atoms with Gasteiger partial charge in [0.15, 0.2) is 0 Å². The van der Waals surface area contributed by atoms with Crippen LogP contribution in [0.1, 0.15) is 22.3 Å². The van der Waals surface area contributed by atoms with Gasteiger partial charge in [0.05, 0.1) is 0 Å². The van der Waals surface area contributed by atoms with E-state index in [2.05, 4.69) is 135 Å². The van der Waals surface area contributed by atoms with Gasteiger partial charge in [-0.1, -0.05) is 137 Å². The van der Waals surface area contributed by atoms with Gasteiger partial charge in [-0.25, -0.2) is 0 Å². The Kier molecular flexibility index (Phi) is 18.2. The molecule has 0 bridgehead atoms. The van der Waals surface area contributed by atoms with Gasteiger partial charge in [0.1, 0.15) is 0 Å². The van der Waals surface area contributed by atoms with Gasteiger partial charge < -0.3 is 0 Å². The minimum absolute atomic E-state index is 0. The molecule has 0 N–H and O–H groups in total. The standard InChI is InChI=1S/C30H32P2.2CO.Ni/c1-5-13-27(14-6-1)23-31(24-28-15-7-2-8-16-28)21-22-32(25-29-17-9-3-10-18-29)26-30-19-11-4-12-20-30;2*1-2;/h1-20H,21-26H2;;;. The van der Waals surface area contributed by atoms with Gasteiger partial charge in [0, 0.05) is 16.5 Å². The van der Waals surface area contributed by atoms with Crippen LogP contribution in [0, 0.1) is 0 Å². The first-order chi connectivity index (χ1) is 17.8. The van der Waals surface area contributed by atoms with Gasteiger partial charge in [-0.15, -0.1) is 0 Å². The van der Waals surface area contributed by atoms with Crippen LogP contribution in [0.15, 0.2) is 121 Å². The smallest absolute Gasteiger partial charge is 0.281 e. The Morgan fingerprint density at radius 1 is 0.378 bits per heavy atom. The van der Waals surface area contributed by atoms with Crippen LogP contribution >= 0.6 is 15.8 Å². The Morgan fingerprint density at radius 3 is 0.757 bits per heavy atom. The molecule has 0 fully saturated rings. The van der Waals surface area contributed by atoms with Crippen LogP contribution in [0.3, 0.4) is 0 Å². The normalized spacial score (nSPS) is 9.89. The molecule has 0 aliphatic heterocycles. The van der Waals surface area contributed by atoms with Crippen LogP contribution in [0.25, 0.3) is 0 Å². The molecule has 4 rings (SSSR count). The van der Waals surface area contributed by atoms with Gasteiger partial charge in [-0.2, -0.15) is 0 Å². The Bertz CT molecular complexity index is 895. The zero-order chi connectivity index (χ0) is 25.8. The number of hydrogen-bond acceptors (Lipinski definition) is 2. The number of hydrogen-bond donors (Lipinski definition) is 0. The number of benzene rings is 4. The maximum atomic E-state index is 7.50. The Balaban J connectivity index is 0.00000131. The van der Waals surface area contributed by atoms with E-state index in [9.17, 15) is 0 Å². The second-order valence-electron chi connectivity index (χ2n) is 8.36. The average molecular weight is 569 g/mol. The molecule has 0 heterocycles. The summed E-state index contributed by atoms with van der Waals surface area (Å²) in [5, 5.41) is 0. The van der Waals surface area contributed by atoms with Crippen molar-refractivity contribution >= 4 is 29.4 Å². The molecule has 37 heavy (non-hydrogen) atoms. The van der Waals surface area contributed by atoms with E-state index in [1.165, 1.54) is 59.2 Å². The predicted octanol–water partition coefficient (Wildman–Crippen LogP) is 7.95. The first kappa shape index (κ1) is 32.6. The summed E-state index contributed by atoms with van der Waals surface area (Å²) in [7, 11) is -0.158. The summed E-state index contributed by atoms with van der Waals surface area (Å²) in [5.74, 6) is 0. The molecule has 0 unspecified atom stereocenters. The van der Waals surface area contributed by atoms with Crippen molar-refractivity contribution in [3.8, 4) is 0 Å². The van der Waals surface area contributed by atoms with Crippen molar-refractivity contribution in [1.82, 2.24) is 0 Å². The molecule has 4 aromatic carbocycles. The second-order valence-corrected chi connectivity index (χ2v) is 13.2. The zero-order valence-corrected chi connectivity index (χ0v) is 23.6. The molecular formula is C32H32NiO2P2. The first-order valence-electron chi connectivity index (χ1n) is 11.9. The third-order valence-corrected chi connectivity index (χ3v) is 11.0. The van der Waals surface area contributed by atoms with Gasteiger partial charge in [-0.05, 0) is 59.2 Å². The van der Waals surface area contributed by atoms with Crippen molar-refractivity contribution in [1.29, 1.82) is 0 Å². The van der Waals surface area contributed by atoms with Crippen molar-refractivity contribution in [3.05, 3.63) is 144 Å². The minimum Gasteiger partial charge on any atom is -0.281 e. The van der Waals surface area contributed by atoms with Crippen molar-refractivity contribution in [3.63, 3.8) is 0 Å². The van der Waals surface area contributed by atoms with Crippen LogP contribution in [0.5, 0.6) is 0 Å². The fourth-order valence-corrected chi connectivity index (χ4v) is 10.1. The van der Waals surface area contributed by atoms with Gasteiger partial charge >= 0.3 is 0 Å². The third kappa shape index (κ3) is 13.1. The fraction of sp³-hybridized carbons (Fsp3) is 0.188. The van der Waals surface area contributed by atoms with Crippen LogP contribution in [-0.2, 0) is 50.7 Å². The number of rotatable bonds is 11. The van der Waals surface area contributed by atoms with Crippen molar-refractivity contribution in [2.45, 2.75) is 24.6 Å². The zero-order valence-electron chi connectivity index (χ0n) is 20.8. The molecule has 4 radical (unpaired) electrons. The summed E-state index contributed by atoms with van der Waals surface area (Å²) >= 11 is 0. The quantitative estimate of drug-likeness (QED) is 0.136. The molecule has 0 saturated carbocycles. The third-order valence-electron chi connectivity index (χ3n) is 5.73. The Morgan fingerprint density at radius 2 is 0.568 bits per heavy atom. The van der Waals surface area contributed by atoms with Gasteiger partial charge in [0.2, 0.25) is 0 Å². The minimum atomic E-state index is -0.0788. The maximum Gasteiger partial charge on any atom is 0.281 e. The molecule has 0 amide bonds. The number of carbonyl (C=O) groups excluding carboxylic acids is 2. The van der Waals surface area contributed by atoms with E-state index >= 15 is 0 Å². The molecule has 0 aromatic heterocycles. The first-order valence-corrected chi connectivity index (χ1v) is 15.7. The summed E-state index contributed by atoms with van der Waals surface area (Å²) in [6, 6.07) is 44.4. The summed E-state index contributed by atoms with van der Waals surface area (Å²) in [6.45, 7) is 9.00. The van der Waals surface area contributed by atoms with E-state index in [4.69, 9.17) is 9.59 Å². The summed E-state index contributed by atoms with van der Waals surface area (Å²) in [5.41, 5.74) is 5.96. The van der Waals surface area contributed by atoms with E-state index in [-0.39, 0.29) is 32.3 Å². The van der Waals surface area contributed by atoms with E-state index in [1.54, 1.807) is 0 Å². The van der Waals surface area contributed by atoms with Crippen LogP contribution < -0.4 is 0 Å². The summed E-state index contributed by atoms with van der Waals surface area (Å²) in [6.07, 6.45) is 7.61. The molecular weight excluding hydrogens is 537 g/mol. The van der Waals surface area contributed by atoms with E-state index in [1.807, 2.05) is 0 Å². The van der Waals surface area contributed by atoms with Crippen molar-refractivity contribution < 1.29 is 26.1 Å². The molecule has 4 aromatic rings. The molecule has 0 spiro atoms. The van der Waals surface area contributed by atoms with Crippen LogP contribution in [0.2, 0.25) is 0 Å². The van der Waals surface area contributed by atoms with Gasteiger partial charge in [0.25, 0.3) is 13.6 Å². The predicted molar refractivity (Wildman–Crippen MR) is 156 cm³/mol.